The number of hydrogen-bond donors (Lipinski definition) is 1. The van der Waals surface area contributed by atoms with Crippen molar-refractivity contribution in [3.63, 3.8) is 0 Å². The van der Waals surface area contributed by atoms with Crippen molar-refractivity contribution < 1.29 is 8.91 Å². The Kier molecular flexibility index (Phi) is 3.16. The lowest BCUT2D eigenvalue weighted by molar-refractivity contribution is 0.399. The zero-order chi connectivity index (χ0) is 13.9. The van der Waals surface area contributed by atoms with E-state index in [-0.39, 0.29) is 5.82 Å². The smallest absolute Gasteiger partial charge is 0.141 e. The lowest BCUT2D eigenvalue weighted by Gasteiger charge is -1.98. The summed E-state index contributed by atoms with van der Waals surface area (Å²) in [7, 11) is 0. The topological polar surface area (TPSA) is 54.7 Å². The van der Waals surface area contributed by atoms with Crippen LogP contribution in [-0.2, 0) is 0 Å². The third-order valence-electron chi connectivity index (χ3n) is 2.98. The van der Waals surface area contributed by atoms with E-state index >= 15 is 0 Å². The Labute approximate surface area is 114 Å². The summed E-state index contributed by atoms with van der Waals surface area (Å²) in [6.45, 7) is 1.84. The van der Waals surface area contributed by atoms with Crippen LogP contribution in [0.4, 0.5) is 4.39 Å². The van der Waals surface area contributed by atoms with Crippen LogP contribution in [0.5, 0.6) is 0 Å². The van der Waals surface area contributed by atoms with Crippen LogP contribution >= 0.6 is 0 Å². The van der Waals surface area contributed by atoms with Crippen molar-refractivity contribution in [1.29, 1.82) is 0 Å². The highest BCUT2D eigenvalue weighted by atomic mass is 19.1. The Hall–Kier alpha value is -2.69. The summed E-state index contributed by atoms with van der Waals surface area (Å²) in [6.07, 6.45) is 5.47. The van der Waals surface area contributed by atoms with E-state index in [1.54, 1.807) is 18.3 Å². The molecule has 0 amide bonds. The second kappa shape index (κ2) is 5.13. The van der Waals surface area contributed by atoms with E-state index in [1.165, 1.54) is 12.1 Å². The van der Waals surface area contributed by atoms with E-state index in [0.29, 0.717) is 11.5 Å². The maximum atomic E-state index is 13.0. The number of H-pyrrole nitrogens is 1. The molecule has 0 atom stereocenters. The molecular weight excluding hydrogens is 257 g/mol. The highest BCUT2D eigenvalue weighted by Crippen LogP contribution is 2.27. The van der Waals surface area contributed by atoms with Gasteiger partial charge in [-0.25, -0.2) is 4.39 Å². The minimum atomic E-state index is -0.275. The van der Waals surface area contributed by atoms with Crippen molar-refractivity contribution in [3.05, 3.63) is 59.4 Å². The number of halogens is 1. The first-order chi connectivity index (χ1) is 9.74. The minimum absolute atomic E-state index is 0.275. The van der Waals surface area contributed by atoms with Gasteiger partial charge in [-0.1, -0.05) is 5.16 Å². The monoisotopic (exact) mass is 269 g/mol. The molecular formula is C15H12FN3O. The van der Waals surface area contributed by atoms with Crippen molar-refractivity contribution in [3.8, 4) is 11.3 Å². The Morgan fingerprint density at radius 3 is 2.65 bits per heavy atom. The van der Waals surface area contributed by atoms with E-state index in [4.69, 9.17) is 4.52 Å². The normalized spacial score (nSPS) is 11.3. The van der Waals surface area contributed by atoms with Gasteiger partial charge in [-0.2, -0.15) is 5.10 Å². The molecule has 0 bridgehead atoms. The summed E-state index contributed by atoms with van der Waals surface area (Å²) in [5.74, 6) is 0.434. The molecule has 0 spiro atoms. The van der Waals surface area contributed by atoms with Crippen LogP contribution in [-0.4, -0.2) is 15.4 Å². The second-order valence-corrected chi connectivity index (χ2v) is 4.35. The highest BCUT2D eigenvalue weighted by molar-refractivity contribution is 5.78. The van der Waals surface area contributed by atoms with Crippen LogP contribution in [0.3, 0.4) is 0 Å². The van der Waals surface area contributed by atoms with Crippen LogP contribution in [0.25, 0.3) is 23.4 Å². The van der Waals surface area contributed by atoms with E-state index in [1.807, 2.05) is 25.1 Å². The van der Waals surface area contributed by atoms with Crippen LogP contribution in [0, 0.1) is 12.7 Å². The van der Waals surface area contributed by atoms with Crippen molar-refractivity contribution in [1.82, 2.24) is 15.4 Å². The molecule has 0 aliphatic heterocycles. The number of benzene rings is 1. The van der Waals surface area contributed by atoms with Crippen molar-refractivity contribution in [2.75, 3.05) is 0 Å². The Morgan fingerprint density at radius 1 is 1.15 bits per heavy atom. The molecule has 2 aromatic heterocycles. The van der Waals surface area contributed by atoms with Crippen LogP contribution in [0.1, 0.15) is 17.0 Å². The molecule has 5 heteroatoms. The fourth-order valence-electron chi connectivity index (χ4n) is 1.92. The fraction of sp³-hybridized carbons (Fsp3) is 0.0667. The lowest BCUT2D eigenvalue weighted by atomic mass is 10.1. The largest absolute Gasteiger partial charge is 0.360 e. The van der Waals surface area contributed by atoms with Gasteiger partial charge in [0.25, 0.3) is 0 Å². The van der Waals surface area contributed by atoms with Gasteiger partial charge in [0, 0.05) is 17.3 Å². The maximum absolute atomic E-state index is 13.0. The lowest BCUT2D eigenvalue weighted by Crippen LogP contribution is -1.83. The summed E-state index contributed by atoms with van der Waals surface area (Å²) < 4.78 is 18.2. The molecule has 1 N–H and O–H groups in total. The predicted molar refractivity (Wildman–Crippen MR) is 74.1 cm³/mol. The predicted octanol–water partition coefficient (Wildman–Crippen LogP) is 3.68. The van der Waals surface area contributed by atoms with E-state index < -0.39 is 0 Å². The van der Waals surface area contributed by atoms with E-state index in [0.717, 1.165) is 16.8 Å². The van der Waals surface area contributed by atoms with Crippen molar-refractivity contribution >= 4 is 12.2 Å². The van der Waals surface area contributed by atoms with Gasteiger partial charge in [0.1, 0.15) is 17.3 Å². The molecule has 3 rings (SSSR count). The Balaban J connectivity index is 1.99. The summed E-state index contributed by atoms with van der Waals surface area (Å²) in [6, 6.07) is 8.03. The van der Waals surface area contributed by atoms with Crippen molar-refractivity contribution in [2.45, 2.75) is 6.92 Å². The third kappa shape index (κ3) is 2.38. The molecule has 100 valence electrons. The first kappa shape index (κ1) is 12.3. The zero-order valence-electron chi connectivity index (χ0n) is 10.8. The number of aromatic amines is 1. The fourth-order valence-corrected chi connectivity index (χ4v) is 1.92. The zero-order valence-corrected chi connectivity index (χ0v) is 10.8. The van der Waals surface area contributed by atoms with Crippen LogP contribution in [0.15, 0.2) is 41.1 Å². The van der Waals surface area contributed by atoms with Gasteiger partial charge in [0.2, 0.25) is 0 Å². The number of aryl methyl sites for hydroxylation is 1. The highest BCUT2D eigenvalue weighted by Gasteiger charge is 2.12. The van der Waals surface area contributed by atoms with Gasteiger partial charge in [-0.05, 0) is 49.4 Å². The summed E-state index contributed by atoms with van der Waals surface area (Å²) in [5.41, 5.74) is 3.26. The average molecular weight is 269 g/mol. The molecule has 0 saturated heterocycles. The van der Waals surface area contributed by atoms with Crippen LogP contribution < -0.4 is 0 Å². The Bertz CT molecular complexity index is 727. The van der Waals surface area contributed by atoms with Gasteiger partial charge in [0.15, 0.2) is 0 Å². The summed E-state index contributed by atoms with van der Waals surface area (Å²) in [5, 5.41) is 10.8. The molecule has 0 saturated carbocycles. The van der Waals surface area contributed by atoms with Gasteiger partial charge >= 0.3 is 0 Å². The van der Waals surface area contributed by atoms with Crippen molar-refractivity contribution in [2.24, 2.45) is 0 Å². The van der Waals surface area contributed by atoms with E-state index in [9.17, 15) is 4.39 Å². The van der Waals surface area contributed by atoms with E-state index in [2.05, 4.69) is 15.4 Å². The average Bonchev–Trinajstić information content (AvgIpc) is 3.07. The standard InChI is InChI=1S/C15H12FN3O/c1-10-14(7-6-13-8-9-17-18-13)15(19-20-10)11-2-4-12(16)5-3-11/h2-9H,1H3,(H,17,18)/b7-6+. The number of nitrogens with zero attached hydrogens (tertiary/aromatic N) is 2. The van der Waals surface area contributed by atoms with Crippen LogP contribution in [0.2, 0.25) is 0 Å². The molecule has 4 nitrogen and oxygen atoms in total. The first-order valence-corrected chi connectivity index (χ1v) is 6.14. The molecule has 20 heavy (non-hydrogen) atoms. The van der Waals surface area contributed by atoms with Gasteiger partial charge < -0.3 is 4.52 Å². The molecule has 0 aliphatic rings. The quantitative estimate of drug-likeness (QED) is 0.789. The van der Waals surface area contributed by atoms with Gasteiger partial charge in [-0.15, -0.1) is 0 Å². The first-order valence-electron chi connectivity index (χ1n) is 6.14. The molecule has 0 aliphatic carbocycles. The molecule has 0 radical (unpaired) electrons. The summed E-state index contributed by atoms with van der Waals surface area (Å²) in [4.78, 5) is 0. The van der Waals surface area contributed by atoms with Gasteiger partial charge in [0.05, 0.1) is 5.69 Å². The minimum Gasteiger partial charge on any atom is -0.360 e. The number of hydrogen-bond acceptors (Lipinski definition) is 3. The van der Waals surface area contributed by atoms with Gasteiger partial charge in [-0.3, -0.25) is 5.10 Å². The molecule has 1 aromatic carbocycles. The number of nitrogens with one attached hydrogen (secondary N) is 1. The SMILES string of the molecule is Cc1onc(-c2ccc(F)cc2)c1/C=C/c1ccn[nH]1. The second-order valence-electron chi connectivity index (χ2n) is 4.35. The molecule has 2 heterocycles. The Morgan fingerprint density at radius 2 is 1.95 bits per heavy atom. The number of aromatic nitrogens is 3. The summed E-state index contributed by atoms with van der Waals surface area (Å²) >= 11 is 0. The maximum Gasteiger partial charge on any atom is 0.141 e. The third-order valence-corrected chi connectivity index (χ3v) is 2.98. The molecule has 0 fully saturated rings. The molecule has 0 unspecified atom stereocenters. The molecule has 3 aromatic rings. The number of rotatable bonds is 3.